The molecule has 1 aromatic carbocycles. The topological polar surface area (TPSA) is 186 Å². The number of aliphatic hydroxyl groups is 2. The van der Waals surface area contributed by atoms with E-state index < -0.39 is 56.0 Å². The zero-order valence-electron chi connectivity index (χ0n) is 16.0. The lowest BCUT2D eigenvalue weighted by molar-refractivity contribution is -0.0548. The van der Waals surface area contributed by atoms with Gasteiger partial charge in [-0.3, -0.25) is 18.5 Å². The maximum Gasteiger partial charge on any atom is 0.469 e. The van der Waals surface area contributed by atoms with Crippen LogP contribution in [0, 0.1) is 5.82 Å². The summed E-state index contributed by atoms with van der Waals surface area (Å²) in [7, 11) is -4.87. The first kappa shape index (κ1) is 22.5. The van der Waals surface area contributed by atoms with Gasteiger partial charge in [0.25, 0.3) is 5.56 Å². The Hall–Kier alpha value is -2.71. The van der Waals surface area contributed by atoms with E-state index in [-0.39, 0.29) is 23.2 Å². The molecule has 4 atom stereocenters. The van der Waals surface area contributed by atoms with Crippen LogP contribution in [0.1, 0.15) is 11.9 Å². The molecule has 0 amide bonds. The van der Waals surface area contributed by atoms with Gasteiger partial charge in [-0.15, -0.1) is 0 Å². The summed E-state index contributed by atoms with van der Waals surface area (Å²) in [6.45, 7) is -1.14. The highest BCUT2D eigenvalue weighted by Crippen LogP contribution is 2.38. The Labute approximate surface area is 177 Å². The van der Waals surface area contributed by atoms with Gasteiger partial charge < -0.3 is 29.3 Å². The van der Waals surface area contributed by atoms with Gasteiger partial charge in [-0.05, 0) is 18.2 Å². The van der Waals surface area contributed by atoms with E-state index >= 15 is 0 Å². The predicted molar refractivity (Wildman–Crippen MR) is 102 cm³/mol. The molecular weight excluding hydrogens is 456 g/mol. The molecule has 2 aromatic heterocycles. The molecule has 0 bridgehead atoms. The Bertz CT molecular complexity index is 1310. The highest BCUT2D eigenvalue weighted by atomic mass is 31.2. The smallest absolute Gasteiger partial charge is 0.387 e. The molecule has 0 unspecified atom stereocenters. The van der Waals surface area contributed by atoms with Gasteiger partial charge >= 0.3 is 13.5 Å². The Morgan fingerprint density at radius 2 is 1.94 bits per heavy atom. The molecule has 4 N–H and O–H groups in total. The van der Waals surface area contributed by atoms with Crippen LogP contribution >= 0.6 is 7.82 Å². The highest BCUT2D eigenvalue weighted by Gasteiger charge is 2.45. The Kier molecular flexibility index (Phi) is 5.85. The molecule has 1 fully saturated rings. The number of phosphoric ester groups is 1. The molecule has 1 aliphatic rings. The number of benzene rings is 1. The molecule has 15 heteroatoms. The van der Waals surface area contributed by atoms with E-state index in [1.54, 1.807) is 0 Å². The molecule has 0 saturated carbocycles. The summed E-state index contributed by atoms with van der Waals surface area (Å²) in [6, 6.07) is 4.65. The number of aliphatic hydroxyl groups excluding tert-OH is 2. The normalized spacial score (nSPS) is 23.8. The third-order valence-corrected chi connectivity index (χ3v) is 5.41. The maximum atomic E-state index is 13.6. The second-order valence-electron chi connectivity index (χ2n) is 7.03. The van der Waals surface area contributed by atoms with Crippen LogP contribution in [0.25, 0.3) is 11.0 Å². The van der Waals surface area contributed by atoms with Gasteiger partial charge in [0, 0.05) is 17.6 Å². The fourth-order valence-corrected chi connectivity index (χ4v) is 3.70. The highest BCUT2D eigenvalue weighted by molar-refractivity contribution is 7.46. The molecular formula is C17H17FN3O10P. The van der Waals surface area contributed by atoms with Gasteiger partial charge in [0.05, 0.1) is 13.2 Å². The monoisotopic (exact) mass is 473 g/mol. The lowest BCUT2D eigenvalue weighted by atomic mass is 10.1. The number of hydrogen-bond donors (Lipinski definition) is 4. The largest absolute Gasteiger partial charge is 0.469 e. The third kappa shape index (κ3) is 4.29. The summed E-state index contributed by atoms with van der Waals surface area (Å²) in [5.41, 5.74) is -1.32. The van der Waals surface area contributed by atoms with Crippen molar-refractivity contribution in [2.24, 2.45) is 0 Å². The van der Waals surface area contributed by atoms with E-state index in [1.165, 1.54) is 6.07 Å². The van der Waals surface area contributed by atoms with Crippen molar-refractivity contribution in [3.8, 4) is 0 Å². The van der Waals surface area contributed by atoms with E-state index in [2.05, 4.69) is 9.68 Å². The van der Waals surface area contributed by atoms with Crippen LogP contribution in [0.15, 0.2) is 44.6 Å². The van der Waals surface area contributed by atoms with Crippen LogP contribution in [0.2, 0.25) is 0 Å². The van der Waals surface area contributed by atoms with Crippen LogP contribution in [-0.2, 0) is 20.4 Å². The van der Waals surface area contributed by atoms with E-state index in [1.807, 2.05) is 0 Å². The summed E-state index contributed by atoms with van der Waals surface area (Å²) in [5, 5.41) is 24.4. The molecule has 172 valence electrons. The van der Waals surface area contributed by atoms with Gasteiger partial charge in [-0.25, -0.2) is 13.8 Å². The Balaban J connectivity index is 1.65. The molecule has 13 nitrogen and oxygen atoms in total. The number of phosphoric acid groups is 1. The van der Waals surface area contributed by atoms with E-state index in [4.69, 9.17) is 19.0 Å². The van der Waals surface area contributed by atoms with Crippen LogP contribution in [0.4, 0.5) is 4.39 Å². The first-order valence-corrected chi connectivity index (χ1v) is 10.7. The van der Waals surface area contributed by atoms with Crippen molar-refractivity contribution in [3.63, 3.8) is 0 Å². The van der Waals surface area contributed by atoms with Gasteiger partial charge in [-0.1, -0.05) is 5.16 Å². The van der Waals surface area contributed by atoms with Crippen molar-refractivity contribution in [1.29, 1.82) is 0 Å². The lowest BCUT2D eigenvalue weighted by Gasteiger charge is -2.18. The summed E-state index contributed by atoms with van der Waals surface area (Å²) in [5.74, 6) is -0.570. The fraction of sp³-hybridized carbons (Fsp3) is 0.353. The van der Waals surface area contributed by atoms with Crippen molar-refractivity contribution in [2.75, 3.05) is 6.61 Å². The predicted octanol–water partition coefficient (Wildman–Crippen LogP) is -0.933. The number of ether oxygens (including phenoxy) is 1. The van der Waals surface area contributed by atoms with Crippen molar-refractivity contribution in [3.05, 3.63) is 62.8 Å². The third-order valence-electron chi connectivity index (χ3n) is 4.93. The zero-order chi connectivity index (χ0) is 23.2. The lowest BCUT2D eigenvalue weighted by Crippen LogP contribution is -2.43. The van der Waals surface area contributed by atoms with Gasteiger partial charge in [0.1, 0.15) is 29.8 Å². The number of hydrogen-bond acceptors (Lipinski definition) is 9. The minimum atomic E-state index is -4.87. The molecule has 3 aromatic rings. The SMILES string of the molecule is O=c1ccn([C@@H]2O[C@H](COP(=O)(O)O)[C@H](O)[C@@H]2O)c(=O)n1Cc1noc2ccc(F)cc12. The first-order valence-electron chi connectivity index (χ1n) is 9.12. The van der Waals surface area contributed by atoms with Crippen molar-refractivity contribution in [2.45, 2.75) is 31.1 Å². The number of nitrogens with zero attached hydrogens (tertiary/aromatic N) is 3. The summed E-state index contributed by atoms with van der Waals surface area (Å²) in [4.78, 5) is 42.9. The van der Waals surface area contributed by atoms with Crippen molar-refractivity contribution >= 4 is 18.8 Å². The summed E-state index contributed by atoms with van der Waals surface area (Å²) < 4.78 is 40.7. The number of rotatable bonds is 6. The van der Waals surface area contributed by atoms with E-state index in [9.17, 15) is 28.8 Å². The molecule has 0 spiro atoms. The van der Waals surface area contributed by atoms with Crippen LogP contribution in [0.3, 0.4) is 0 Å². The van der Waals surface area contributed by atoms with Crippen molar-refractivity contribution in [1.82, 2.24) is 14.3 Å². The van der Waals surface area contributed by atoms with Crippen LogP contribution in [0.5, 0.6) is 0 Å². The van der Waals surface area contributed by atoms with Crippen molar-refractivity contribution < 1.29 is 42.7 Å². The minimum Gasteiger partial charge on any atom is -0.387 e. The minimum absolute atomic E-state index is 0.109. The number of aromatic nitrogens is 3. The molecule has 0 aliphatic carbocycles. The van der Waals surface area contributed by atoms with Crippen LogP contribution in [-0.4, -0.2) is 59.2 Å². The molecule has 1 aliphatic heterocycles. The molecule has 3 heterocycles. The van der Waals surface area contributed by atoms with Crippen LogP contribution < -0.4 is 11.2 Å². The second kappa shape index (κ2) is 8.33. The molecule has 1 saturated heterocycles. The Morgan fingerprint density at radius 1 is 1.19 bits per heavy atom. The van der Waals surface area contributed by atoms with Gasteiger partial charge in [0.2, 0.25) is 0 Å². The first-order chi connectivity index (χ1) is 15.0. The average Bonchev–Trinajstić information content (AvgIpc) is 3.24. The maximum absolute atomic E-state index is 13.6. The van der Waals surface area contributed by atoms with Gasteiger partial charge in [-0.2, -0.15) is 0 Å². The molecule has 32 heavy (non-hydrogen) atoms. The summed E-state index contributed by atoms with van der Waals surface area (Å²) >= 11 is 0. The Morgan fingerprint density at radius 3 is 2.66 bits per heavy atom. The molecule has 4 rings (SSSR count). The van der Waals surface area contributed by atoms with Gasteiger partial charge in [0.15, 0.2) is 11.8 Å². The standard InChI is InChI=1S/C17H17FN3O10P/c18-8-1-2-11-9(5-8)10(19-31-11)6-21-13(22)3-4-20(17(21)25)16-15(24)14(23)12(30-16)7-29-32(26,27)28/h1-5,12,14-16,23-24H,6-7H2,(H2,26,27,28)/t12-,14+,15+,16-/m1/s1. The number of halogens is 1. The fourth-order valence-electron chi connectivity index (χ4n) is 3.36. The quantitative estimate of drug-likeness (QED) is 0.324. The molecule has 0 radical (unpaired) electrons. The average molecular weight is 473 g/mol. The number of fused-ring (bicyclic) bond motifs is 1. The zero-order valence-corrected chi connectivity index (χ0v) is 16.9. The van der Waals surface area contributed by atoms with E-state index in [0.29, 0.717) is 0 Å². The van der Waals surface area contributed by atoms with E-state index in [0.717, 1.165) is 33.5 Å². The second-order valence-corrected chi connectivity index (χ2v) is 8.27. The summed E-state index contributed by atoms with van der Waals surface area (Å²) in [6.07, 6.45) is -5.12.